The number of amides is 2. The molecule has 4 rings (SSSR count). The maximum absolute atomic E-state index is 14.0. The van der Waals surface area contributed by atoms with E-state index in [4.69, 9.17) is 50.2 Å². The number of hydrogen-bond donors (Lipinski definition) is 2. The van der Waals surface area contributed by atoms with Crippen LogP contribution in [-0.2, 0) is 28.4 Å². The average molecular weight is 747 g/mol. The molecule has 0 unspecified atom stereocenters. The van der Waals surface area contributed by atoms with Gasteiger partial charge in [-0.3, -0.25) is 4.79 Å². The van der Waals surface area contributed by atoms with Gasteiger partial charge in [-0.2, -0.15) is 5.10 Å². The Kier molecular flexibility index (Phi) is 17.0. The number of rotatable bonds is 23. The summed E-state index contributed by atoms with van der Waals surface area (Å²) in [4.78, 5) is 29.5. The first-order valence-electron chi connectivity index (χ1n) is 17.0. The lowest BCUT2D eigenvalue weighted by Crippen LogP contribution is -2.41. The average Bonchev–Trinajstić information content (AvgIpc) is 3.51. The summed E-state index contributed by atoms with van der Waals surface area (Å²) in [5.41, 5.74) is 21.0. The number of carbonyl (C=O) groups excluding carboxylic acids is 2. The fourth-order valence-electron chi connectivity index (χ4n) is 5.27. The van der Waals surface area contributed by atoms with Crippen LogP contribution >= 0.6 is 0 Å². The summed E-state index contributed by atoms with van der Waals surface area (Å²) in [6.45, 7) is 4.75. The summed E-state index contributed by atoms with van der Waals surface area (Å²) in [7, 11) is 0. The predicted molar refractivity (Wildman–Crippen MR) is 186 cm³/mol. The molecule has 1 aliphatic rings. The minimum absolute atomic E-state index is 0.0288. The van der Waals surface area contributed by atoms with E-state index in [0.717, 1.165) is 12.1 Å². The van der Waals surface area contributed by atoms with Gasteiger partial charge >= 0.3 is 6.09 Å². The van der Waals surface area contributed by atoms with E-state index < -0.39 is 23.6 Å². The van der Waals surface area contributed by atoms with Crippen LogP contribution in [0.5, 0.6) is 11.5 Å². The van der Waals surface area contributed by atoms with Gasteiger partial charge in [-0.25, -0.2) is 18.3 Å². The number of aromatic nitrogens is 2. The van der Waals surface area contributed by atoms with Gasteiger partial charge in [0.25, 0.3) is 5.91 Å². The SMILES string of the molecule is [N-]=[N+]=NCCOCCOCCOCCOCCOCCOC(=O)N1CCC[C@@H](n2nc(-c3ccc(Oc4ccc(F)cc4F)cc3)c(C(N)=O)c2N)C1. The molecule has 2 aromatic carbocycles. The first-order chi connectivity index (χ1) is 25.8. The van der Waals surface area contributed by atoms with E-state index in [9.17, 15) is 18.4 Å². The highest BCUT2D eigenvalue weighted by Gasteiger charge is 2.31. The van der Waals surface area contributed by atoms with Crippen LogP contribution in [0.1, 0.15) is 29.2 Å². The van der Waals surface area contributed by atoms with Gasteiger partial charge in [0.15, 0.2) is 11.6 Å². The molecule has 0 spiro atoms. The molecule has 2 amide bonds. The topological polar surface area (TPSA) is 221 Å². The van der Waals surface area contributed by atoms with Gasteiger partial charge in [0.2, 0.25) is 0 Å². The molecule has 19 heteroatoms. The van der Waals surface area contributed by atoms with Crippen LogP contribution in [-0.4, -0.2) is 119 Å². The second-order valence-electron chi connectivity index (χ2n) is 11.5. The number of carbonyl (C=O) groups is 2. The molecule has 53 heavy (non-hydrogen) atoms. The zero-order chi connectivity index (χ0) is 37.8. The summed E-state index contributed by atoms with van der Waals surface area (Å²) >= 11 is 0. The molecule has 288 valence electrons. The van der Waals surface area contributed by atoms with Crippen molar-refractivity contribution >= 4 is 17.8 Å². The van der Waals surface area contributed by atoms with E-state index in [1.807, 2.05) is 0 Å². The molecule has 3 aromatic rings. The normalized spacial score (nSPS) is 14.2. The van der Waals surface area contributed by atoms with Crippen molar-refractivity contribution in [3.05, 3.63) is 70.1 Å². The van der Waals surface area contributed by atoms with Crippen LogP contribution in [0, 0.1) is 11.6 Å². The van der Waals surface area contributed by atoms with E-state index in [0.29, 0.717) is 91.0 Å². The molecular weight excluding hydrogens is 702 g/mol. The van der Waals surface area contributed by atoms with Gasteiger partial charge in [-0.1, -0.05) is 5.11 Å². The van der Waals surface area contributed by atoms with E-state index >= 15 is 0 Å². The van der Waals surface area contributed by atoms with Crippen molar-refractivity contribution in [2.45, 2.75) is 18.9 Å². The number of halogens is 2. The Bertz CT molecular complexity index is 1660. The Balaban J connectivity index is 1.13. The quantitative estimate of drug-likeness (QED) is 0.0597. The fraction of sp³-hybridized carbons (Fsp3) is 0.500. The van der Waals surface area contributed by atoms with Crippen molar-refractivity contribution in [3.63, 3.8) is 0 Å². The molecule has 2 heterocycles. The second-order valence-corrected chi connectivity index (χ2v) is 11.5. The largest absolute Gasteiger partial charge is 0.454 e. The van der Waals surface area contributed by atoms with Crippen LogP contribution in [0.3, 0.4) is 0 Å². The lowest BCUT2D eigenvalue weighted by Gasteiger charge is -2.32. The van der Waals surface area contributed by atoms with Crippen LogP contribution < -0.4 is 16.2 Å². The first kappa shape index (κ1) is 40.7. The standard InChI is InChI=1S/C34H44F2N8O9/c35-25-5-8-29(28(36)22-25)53-27-6-3-24(4-7-27)31-30(33(38)45)32(37)44(41-31)26-2-1-10-43(23-26)34(46)52-21-20-51-19-18-50-17-16-49-15-14-48-13-12-47-11-9-40-42-39/h3-8,22,26H,1-2,9-21,23,37H2,(H2,38,45)/t26-/m1/s1. The summed E-state index contributed by atoms with van der Waals surface area (Å²) in [5, 5.41) is 7.99. The fourth-order valence-corrected chi connectivity index (χ4v) is 5.27. The van der Waals surface area contributed by atoms with E-state index in [1.54, 1.807) is 29.2 Å². The third-order valence-corrected chi connectivity index (χ3v) is 7.78. The third kappa shape index (κ3) is 13.2. The lowest BCUT2D eigenvalue weighted by molar-refractivity contribution is -0.0145. The summed E-state index contributed by atoms with van der Waals surface area (Å²) in [5.74, 6) is -2.16. The number of primary amides is 1. The van der Waals surface area contributed by atoms with Crippen LogP contribution in [0.25, 0.3) is 21.7 Å². The van der Waals surface area contributed by atoms with Crippen molar-refractivity contribution < 1.29 is 51.5 Å². The Hall–Kier alpha value is -5.04. The number of hydrogen-bond acceptors (Lipinski definition) is 12. The van der Waals surface area contributed by atoms with Crippen molar-refractivity contribution in [2.24, 2.45) is 10.8 Å². The molecule has 1 aromatic heterocycles. The van der Waals surface area contributed by atoms with Gasteiger partial charge < -0.3 is 49.5 Å². The molecule has 1 fully saturated rings. The highest BCUT2D eigenvalue weighted by molar-refractivity contribution is 6.03. The highest BCUT2D eigenvalue weighted by Crippen LogP contribution is 2.34. The molecule has 17 nitrogen and oxygen atoms in total. The zero-order valence-electron chi connectivity index (χ0n) is 29.2. The van der Waals surface area contributed by atoms with Crippen molar-refractivity contribution in [1.82, 2.24) is 14.7 Å². The number of benzene rings is 2. The molecular formula is C34H44F2N8O9. The Labute approximate surface area is 304 Å². The molecule has 0 radical (unpaired) electrons. The summed E-state index contributed by atoms with van der Waals surface area (Å²) in [6, 6.07) is 8.95. The maximum atomic E-state index is 14.0. The van der Waals surface area contributed by atoms with Gasteiger partial charge in [0.05, 0.1) is 72.1 Å². The Morgan fingerprint density at radius 1 is 0.887 bits per heavy atom. The highest BCUT2D eigenvalue weighted by atomic mass is 19.1. The molecule has 1 saturated heterocycles. The number of piperidine rings is 1. The Morgan fingerprint density at radius 2 is 1.49 bits per heavy atom. The zero-order valence-corrected chi connectivity index (χ0v) is 29.2. The smallest absolute Gasteiger partial charge is 0.409 e. The summed E-state index contributed by atoms with van der Waals surface area (Å²) in [6.07, 6.45) is 0.776. The maximum Gasteiger partial charge on any atom is 0.409 e. The van der Waals surface area contributed by atoms with Gasteiger partial charge in [0, 0.05) is 36.2 Å². The first-order valence-corrected chi connectivity index (χ1v) is 17.0. The third-order valence-electron chi connectivity index (χ3n) is 7.78. The molecule has 4 N–H and O–H groups in total. The molecule has 1 aliphatic heterocycles. The Morgan fingerprint density at radius 3 is 2.08 bits per heavy atom. The van der Waals surface area contributed by atoms with Crippen molar-refractivity contribution in [1.29, 1.82) is 0 Å². The molecule has 0 saturated carbocycles. The van der Waals surface area contributed by atoms with Crippen LogP contribution in [0.15, 0.2) is 47.6 Å². The second kappa shape index (κ2) is 22.1. The van der Waals surface area contributed by atoms with Crippen molar-refractivity contribution in [2.75, 3.05) is 98.0 Å². The van der Waals surface area contributed by atoms with Crippen LogP contribution in [0.4, 0.5) is 19.4 Å². The number of ether oxygens (including phenoxy) is 7. The van der Waals surface area contributed by atoms with Gasteiger partial charge in [-0.15, -0.1) is 0 Å². The number of nitrogens with two attached hydrogens (primary N) is 2. The van der Waals surface area contributed by atoms with Gasteiger partial charge in [0.1, 0.15) is 35.2 Å². The molecule has 0 bridgehead atoms. The summed E-state index contributed by atoms with van der Waals surface area (Å²) < 4.78 is 66.7. The number of nitrogen functional groups attached to an aromatic ring is 1. The van der Waals surface area contributed by atoms with E-state index in [1.165, 1.54) is 10.7 Å². The number of nitrogens with zero attached hydrogens (tertiary/aromatic N) is 6. The van der Waals surface area contributed by atoms with Crippen LogP contribution in [0.2, 0.25) is 0 Å². The van der Waals surface area contributed by atoms with Gasteiger partial charge in [-0.05, 0) is 54.8 Å². The van der Waals surface area contributed by atoms with E-state index in [-0.39, 0.29) is 54.4 Å². The lowest BCUT2D eigenvalue weighted by atomic mass is 10.1. The number of anilines is 1. The number of azide groups is 1. The number of likely N-dealkylation sites (tertiary alicyclic amines) is 1. The minimum Gasteiger partial charge on any atom is -0.454 e. The van der Waals surface area contributed by atoms with E-state index in [2.05, 4.69) is 15.1 Å². The monoisotopic (exact) mass is 746 g/mol. The van der Waals surface area contributed by atoms with Crippen molar-refractivity contribution in [3.8, 4) is 22.8 Å². The molecule has 0 aliphatic carbocycles. The molecule has 1 atom stereocenters. The predicted octanol–water partition coefficient (Wildman–Crippen LogP) is 4.47. The minimum atomic E-state index is -0.851.